The molecule has 0 amide bonds. The maximum atomic E-state index is 10.3. The molecule has 0 bridgehead atoms. The summed E-state index contributed by atoms with van der Waals surface area (Å²) in [4.78, 5) is 7.22. The molecule has 140 valence electrons. The van der Waals surface area contributed by atoms with Crippen LogP contribution in [-0.4, -0.2) is 38.7 Å². The van der Waals surface area contributed by atoms with Gasteiger partial charge in [-0.05, 0) is 51.9 Å². The van der Waals surface area contributed by atoms with E-state index in [0.717, 1.165) is 37.4 Å². The standard InChI is InChI=1S/C20H25Cl2N3O/c1-12(2)24-7-5-13(6-8-24)16-10-23-18-9-14(11-25(16)18)19-17(26)4-3-15(21)20(19)22/h3-4,10,12-14,26H,5-9,11H2,1-2H3. The number of aromatic hydroxyl groups is 1. The van der Waals surface area contributed by atoms with Gasteiger partial charge in [-0.1, -0.05) is 23.2 Å². The van der Waals surface area contributed by atoms with E-state index < -0.39 is 0 Å². The van der Waals surface area contributed by atoms with Gasteiger partial charge in [0.2, 0.25) is 0 Å². The highest BCUT2D eigenvalue weighted by Gasteiger charge is 2.33. The second-order valence-corrected chi connectivity index (χ2v) is 8.59. The summed E-state index contributed by atoms with van der Waals surface area (Å²) in [7, 11) is 0. The number of aromatic nitrogens is 2. The largest absolute Gasteiger partial charge is 0.508 e. The fourth-order valence-electron chi connectivity index (χ4n) is 4.48. The zero-order chi connectivity index (χ0) is 18.4. The van der Waals surface area contributed by atoms with Crippen LogP contribution in [0.25, 0.3) is 0 Å². The number of halogens is 2. The molecule has 1 aromatic carbocycles. The molecule has 0 radical (unpaired) electrons. The highest BCUT2D eigenvalue weighted by Crippen LogP contribution is 2.43. The number of hydrogen-bond acceptors (Lipinski definition) is 3. The Bertz CT molecular complexity index is 810. The van der Waals surface area contributed by atoms with E-state index in [9.17, 15) is 5.11 Å². The molecule has 1 saturated heterocycles. The number of phenols is 1. The molecule has 2 aliphatic heterocycles. The summed E-state index contributed by atoms with van der Waals surface area (Å²) < 4.78 is 2.34. The second kappa shape index (κ2) is 7.06. The van der Waals surface area contributed by atoms with Gasteiger partial charge < -0.3 is 14.6 Å². The van der Waals surface area contributed by atoms with Crippen molar-refractivity contribution in [1.82, 2.24) is 14.5 Å². The molecular formula is C20H25Cl2N3O. The van der Waals surface area contributed by atoms with Crippen molar-refractivity contribution in [2.45, 2.75) is 57.5 Å². The number of piperidine rings is 1. The van der Waals surface area contributed by atoms with Crippen LogP contribution in [0, 0.1) is 0 Å². The third-order valence-corrected chi connectivity index (χ3v) is 6.82. The van der Waals surface area contributed by atoms with Crippen molar-refractivity contribution in [2.24, 2.45) is 0 Å². The van der Waals surface area contributed by atoms with Crippen LogP contribution >= 0.6 is 23.2 Å². The van der Waals surface area contributed by atoms with Crippen molar-refractivity contribution in [3.8, 4) is 5.75 Å². The molecule has 4 rings (SSSR count). The van der Waals surface area contributed by atoms with Crippen molar-refractivity contribution >= 4 is 23.2 Å². The van der Waals surface area contributed by atoms with Gasteiger partial charge in [0.1, 0.15) is 11.6 Å². The van der Waals surface area contributed by atoms with Gasteiger partial charge in [0.05, 0.1) is 10.0 Å². The summed E-state index contributed by atoms with van der Waals surface area (Å²) in [6.07, 6.45) is 5.20. The van der Waals surface area contributed by atoms with Gasteiger partial charge >= 0.3 is 0 Å². The number of likely N-dealkylation sites (tertiary alicyclic amines) is 1. The topological polar surface area (TPSA) is 41.3 Å². The summed E-state index contributed by atoms with van der Waals surface area (Å²) >= 11 is 12.6. The van der Waals surface area contributed by atoms with Crippen LogP contribution in [0.3, 0.4) is 0 Å². The lowest BCUT2D eigenvalue weighted by atomic mass is 9.92. The second-order valence-electron chi connectivity index (χ2n) is 7.81. The van der Waals surface area contributed by atoms with E-state index in [0.29, 0.717) is 22.0 Å². The molecule has 1 aromatic heterocycles. The van der Waals surface area contributed by atoms with Crippen molar-refractivity contribution in [1.29, 1.82) is 0 Å². The Morgan fingerprint density at radius 3 is 2.58 bits per heavy atom. The van der Waals surface area contributed by atoms with Gasteiger partial charge in [-0.25, -0.2) is 4.98 Å². The molecular weight excluding hydrogens is 369 g/mol. The molecule has 0 saturated carbocycles. The third kappa shape index (κ3) is 3.12. The number of fused-ring (bicyclic) bond motifs is 1. The minimum Gasteiger partial charge on any atom is -0.508 e. The number of hydrogen-bond donors (Lipinski definition) is 1. The Hall–Kier alpha value is -1.23. The predicted octanol–water partition coefficient (Wildman–Crippen LogP) is 4.82. The van der Waals surface area contributed by atoms with E-state index in [1.807, 2.05) is 0 Å². The normalized spacial score (nSPS) is 21.5. The number of nitrogens with zero attached hydrogens (tertiary/aromatic N) is 3. The molecule has 0 spiro atoms. The highest BCUT2D eigenvalue weighted by atomic mass is 35.5. The van der Waals surface area contributed by atoms with E-state index in [1.165, 1.54) is 18.5 Å². The Kier molecular flexibility index (Phi) is 4.93. The van der Waals surface area contributed by atoms with E-state index in [2.05, 4.69) is 34.5 Å². The summed E-state index contributed by atoms with van der Waals surface area (Å²) in [5, 5.41) is 11.3. The maximum Gasteiger partial charge on any atom is 0.120 e. The van der Waals surface area contributed by atoms with Crippen LogP contribution < -0.4 is 0 Å². The lowest BCUT2D eigenvalue weighted by molar-refractivity contribution is 0.169. The van der Waals surface area contributed by atoms with Crippen molar-refractivity contribution in [3.63, 3.8) is 0 Å². The number of imidazole rings is 1. The first-order valence-electron chi connectivity index (χ1n) is 9.41. The van der Waals surface area contributed by atoms with Gasteiger partial charge in [-0.15, -0.1) is 0 Å². The molecule has 2 aromatic rings. The van der Waals surface area contributed by atoms with E-state index >= 15 is 0 Å². The van der Waals surface area contributed by atoms with Crippen LogP contribution in [0.4, 0.5) is 0 Å². The lowest BCUT2D eigenvalue weighted by Crippen LogP contribution is -2.38. The summed E-state index contributed by atoms with van der Waals surface area (Å²) in [5.74, 6) is 2.00. The minimum absolute atomic E-state index is 0.124. The fourth-order valence-corrected chi connectivity index (χ4v) is 4.96. The van der Waals surface area contributed by atoms with Gasteiger partial charge in [0.15, 0.2) is 0 Å². The van der Waals surface area contributed by atoms with Gasteiger partial charge in [0.25, 0.3) is 0 Å². The summed E-state index contributed by atoms with van der Waals surface area (Å²) in [6.45, 7) is 7.63. The Morgan fingerprint density at radius 1 is 1.15 bits per heavy atom. The summed E-state index contributed by atoms with van der Waals surface area (Å²) in [5.41, 5.74) is 2.09. The minimum atomic E-state index is 0.124. The Morgan fingerprint density at radius 2 is 1.88 bits per heavy atom. The van der Waals surface area contributed by atoms with Crippen molar-refractivity contribution in [3.05, 3.63) is 45.5 Å². The number of phenolic OH excluding ortho intramolecular Hbond substituents is 1. The summed E-state index contributed by atoms with van der Waals surface area (Å²) in [6, 6.07) is 3.89. The van der Waals surface area contributed by atoms with Crippen LogP contribution in [-0.2, 0) is 13.0 Å². The van der Waals surface area contributed by atoms with Crippen LogP contribution in [0.15, 0.2) is 18.3 Å². The predicted molar refractivity (Wildman–Crippen MR) is 105 cm³/mol. The van der Waals surface area contributed by atoms with Crippen LogP contribution in [0.5, 0.6) is 5.75 Å². The first-order chi connectivity index (χ1) is 12.5. The zero-order valence-electron chi connectivity index (χ0n) is 15.3. The number of rotatable bonds is 3. The number of benzene rings is 1. The molecule has 4 nitrogen and oxygen atoms in total. The highest BCUT2D eigenvalue weighted by molar-refractivity contribution is 6.42. The molecule has 6 heteroatoms. The first-order valence-corrected chi connectivity index (χ1v) is 10.2. The Balaban J connectivity index is 1.54. The molecule has 1 atom stereocenters. The first kappa shape index (κ1) is 18.1. The molecule has 1 fully saturated rings. The Labute approximate surface area is 164 Å². The molecule has 3 heterocycles. The average Bonchev–Trinajstić information content (AvgIpc) is 3.19. The monoisotopic (exact) mass is 393 g/mol. The molecule has 0 aliphatic carbocycles. The molecule has 1 unspecified atom stereocenters. The third-order valence-electron chi connectivity index (χ3n) is 6.00. The van der Waals surface area contributed by atoms with Crippen molar-refractivity contribution < 1.29 is 5.11 Å². The molecule has 26 heavy (non-hydrogen) atoms. The average molecular weight is 394 g/mol. The van der Waals surface area contributed by atoms with E-state index in [-0.39, 0.29) is 11.7 Å². The quantitative estimate of drug-likeness (QED) is 0.811. The smallest absolute Gasteiger partial charge is 0.120 e. The fraction of sp³-hybridized carbons (Fsp3) is 0.550. The van der Waals surface area contributed by atoms with Gasteiger partial charge in [0, 0.05) is 48.3 Å². The van der Waals surface area contributed by atoms with Gasteiger partial charge in [-0.2, -0.15) is 0 Å². The molecule has 1 N–H and O–H groups in total. The zero-order valence-corrected chi connectivity index (χ0v) is 16.8. The lowest BCUT2D eigenvalue weighted by Gasteiger charge is -2.34. The van der Waals surface area contributed by atoms with Crippen LogP contribution in [0.1, 0.15) is 55.6 Å². The SMILES string of the molecule is CC(C)N1CCC(c2cnc3n2CC(c2c(O)ccc(Cl)c2Cl)C3)CC1. The van der Waals surface area contributed by atoms with Crippen LogP contribution in [0.2, 0.25) is 10.0 Å². The van der Waals surface area contributed by atoms with E-state index in [1.54, 1.807) is 12.1 Å². The maximum absolute atomic E-state index is 10.3. The van der Waals surface area contributed by atoms with Crippen molar-refractivity contribution in [2.75, 3.05) is 13.1 Å². The van der Waals surface area contributed by atoms with Gasteiger partial charge in [-0.3, -0.25) is 0 Å². The van der Waals surface area contributed by atoms with E-state index in [4.69, 9.17) is 23.2 Å². The molecule has 2 aliphatic rings.